The van der Waals surface area contributed by atoms with Crippen LogP contribution in [0.2, 0.25) is 0 Å². The molecule has 2 aromatic rings. The fourth-order valence-electron chi connectivity index (χ4n) is 2.05. The molecular formula is C15H18N6O2. The molecule has 2 aromatic heterocycles. The highest BCUT2D eigenvalue weighted by Gasteiger charge is 2.18. The predicted molar refractivity (Wildman–Crippen MR) is 86.1 cm³/mol. The first-order chi connectivity index (χ1) is 11.1. The zero-order valence-corrected chi connectivity index (χ0v) is 13.3. The van der Waals surface area contributed by atoms with Crippen LogP contribution < -0.4 is 5.43 Å². The van der Waals surface area contributed by atoms with E-state index in [0.29, 0.717) is 29.0 Å². The third-order valence-electron chi connectivity index (χ3n) is 3.15. The van der Waals surface area contributed by atoms with Crippen molar-refractivity contribution >= 4 is 28.4 Å². The molecule has 0 bridgehead atoms. The van der Waals surface area contributed by atoms with Crippen LogP contribution >= 0.6 is 0 Å². The Hall–Kier alpha value is -2.95. The highest BCUT2D eigenvalue weighted by atomic mass is 16.5. The average molecular weight is 314 g/mol. The lowest BCUT2D eigenvalue weighted by molar-refractivity contribution is 0.0527. The maximum absolute atomic E-state index is 12.1. The number of nitrogens with zero attached hydrogens (tertiary/aromatic N) is 5. The van der Waals surface area contributed by atoms with Crippen molar-refractivity contribution in [1.82, 2.24) is 14.8 Å². The van der Waals surface area contributed by atoms with E-state index in [0.717, 1.165) is 0 Å². The molecule has 1 N–H and O–H groups in total. The summed E-state index contributed by atoms with van der Waals surface area (Å²) in [6.45, 7) is 6.35. The summed E-state index contributed by atoms with van der Waals surface area (Å²) in [6.07, 6.45) is 3.28. The average Bonchev–Trinajstić information content (AvgIpc) is 2.96. The molecule has 0 spiro atoms. The number of nitriles is 1. The SMILES string of the molecule is CCOC(=O)c1cnc2c(cnn2CC)c1NN=C(C)CC#N. The molecule has 120 valence electrons. The number of pyridine rings is 1. The molecule has 0 aliphatic heterocycles. The highest BCUT2D eigenvalue weighted by molar-refractivity contribution is 6.04. The maximum Gasteiger partial charge on any atom is 0.341 e. The molecule has 8 heteroatoms. The van der Waals surface area contributed by atoms with Gasteiger partial charge in [-0.15, -0.1) is 0 Å². The van der Waals surface area contributed by atoms with Gasteiger partial charge < -0.3 is 4.74 Å². The van der Waals surface area contributed by atoms with E-state index in [1.807, 2.05) is 13.0 Å². The summed E-state index contributed by atoms with van der Waals surface area (Å²) in [4.78, 5) is 16.4. The molecule has 0 amide bonds. The van der Waals surface area contributed by atoms with Gasteiger partial charge in [-0.3, -0.25) is 5.43 Å². The Morgan fingerprint density at radius 1 is 1.48 bits per heavy atom. The van der Waals surface area contributed by atoms with Gasteiger partial charge in [0.2, 0.25) is 0 Å². The summed E-state index contributed by atoms with van der Waals surface area (Å²) in [5.74, 6) is -0.484. The van der Waals surface area contributed by atoms with Crippen molar-refractivity contribution in [2.45, 2.75) is 33.7 Å². The largest absolute Gasteiger partial charge is 0.462 e. The van der Waals surface area contributed by atoms with Gasteiger partial charge in [0.25, 0.3) is 0 Å². The first-order valence-electron chi connectivity index (χ1n) is 7.30. The summed E-state index contributed by atoms with van der Waals surface area (Å²) in [6, 6.07) is 2.02. The number of aromatic nitrogens is 3. The Morgan fingerprint density at radius 2 is 2.26 bits per heavy atom. The molecule has 0 fully saturated rings. The second-order valence-electron chi connectivity index (χ2n) is 4.76. The van der Waals surface area contributed by atoms with Crippen LogP contribution in [0, 0.1) is 11.3 Å². The number of esters is 1. The van der Waals surface area contributed by atoms with Gasteiger partial charge in [0, 0.05) is 18.5 Å². The number of ether oxygens (including phenoxy) is 1. The van der Waals surface area contributed by atoms with Gasteiger partial charge in [0.1, 0.15) is 5.56 Å². The van der Waals surface area contributed by atoms with E-state index in [9.17, 15) is 4.79 Å². The van der Waals surface area contributed by atoms with Gasteiger partial charge in [-0.2, -0.15) is 15.5 Å². The zero-order chi connectivity index (χ0) is 16.8. The van der Waals surface area contributed by atoms with Crippen molar-refractivity contribution in [2.75, 3.05) is 12.0 Å². The van der Waals surface area contributed by atoms with E-state index in [4.69, 9.17) is 10.00 Å². The number of fused-ring (bicyclic) bond motifs is 1. The molecule has 0 aliphatic rings. The van der Waals surface area contributed by atoms with Crippen molar-refractivity contribution < 1.29 is 9.53 Å². The van der Waals surface area contributed by atoms with E-state index >= 15 is 0 Å². The van der Waals surface area contributed by atoms with Crippen LogP contribution in [0.15, 0.2) is 17.5 Å². The topological polar surface area (TPSA) is 105 Å². The Morgan fingerprint density at radius 3 is 2.91 bits per heavy atom. The number of aryl methyl sites for hydroxylation is 1. The summed E-state index contributed by atoms with van der Waals surface area (Å²) in [7, 11) is 0. The van der Waals surface area contributed by atoms with E-state index in [1.165, 1.54) is 6.20 Å². The Bertz CT molecular complexity index is 787. The summed E-state index contributed by atoms with van der Waals surface area (Å²) >= 11 is 0. The van der Waals surface area contributed by atoms with E-state index in [-0.39, 0.29) is 18.6 Å². The van der Waals surface area contributed by atoms with Crippen LogP contribution in [-0.2, 0) is 11.3 Å². The van der Waals surface area contributed by atoms with Crippen molar-refractivity contribution in [3.63, 3.8) is 0 Å². The fourth-order valence-corrected chi connectivity index (χ4v) is 2.05. The Kier molecular flexibility index (Phi) is 5.25. The second kappa shape index (κ2) is 7.35. The minimum absolute atomic E-state index is 0.199. The van der Waals surface area contributed by atoms with Crippen molar-refractivity contribution in [1.29, 1.82) is 5.26 Å². The first kappa shape index (κ1) is 16.4. The number of hydrogen-bond donors (Lipinski definition) is 1. The van der Waals surface area contributed by atoms with E-state index < -0.39 is 5.97 Å². The number of carbonyl (C=O) groups excluding carboxylic acids is 1. The standard InChI is InChI=1S/C15H18N6O2/c1-4-21-14-11(9-18-21)13(20-19-10(3)6-7-16)12(8-17-14)15(22)23-5-2/h8-9H,4-6H2,1-3H3,(H,17,20). The van der Waals surface area contributed by atoms with Crippen molar-refractivity contribution in [2.24, 2.45) is 5.10 Å². The van der Waals surface area contributed by atoms with Gasteiger partial charge in [0.15, 0.2) is 5.65 Å². The number of nitrogens with one attached hydrogen (secondary N) is 1. The smallest absolute Gasteiger partial charge is 0.341 e. The van der Waals surface area contributed by atoms with Gasteiger partial charge in [-0.1, -0.05) is 0 Å². The molecule has 2 heterocycles. The quantitative estimate of drug-likeness (QED) is 0.498. The minimum atomic E-state index is -0.484. The molecule has 0 aromatic carbocycles. The molecule has 23 heavy (non-hydrogen) atoms. The van der Waals surface area contributed by atoms with Crippen molar-refractivity contribution in [3.8, 4) is 6.07 Å². The minimum Gasteiger partial charge on any atom is -0.462 e. The lowest BCUT2D eigenvalue weighted by Gasteiger charge is -2.10. The highest BCUT2D eigenvalue weighted by Crippen LogP contribution is 2.26. The van der Waals surface area contributed by atoms with Crippen LogP contribution in [0.25, 0.3) is 11.0 Å². The fraction of sp³-hybridized carbons (Fsp3) is 0.400. The maximum atomic E-state index is 12.1. The molecule has 0 saturated heterocycles. The van der Waals surface area contributed by atoms with Crippen LogP contribution in [0.3, 0.4) is 0 Å². The van der Waals surface area contributed by atoms with Gasteiger partial charge in [-0.05, 0) is 20.8 Å². The molecule has 0 atom stereocenters. The summed E-state index contributed by atoms with van der Waals surface area (Å²) in [5, 5.41) is 17.8. The van der Waals surface area contributed by atoms with Crippen LogP contribution in [-0.4, -0.2) is 33.1 Å². The van der Waals surface area contributed by atoms with Gasteiger partial charge >= 0.3 is 5.97 Å². The number of carbonyl (C=O) groups is 1. The first-order valence-corrected chi connectivity index (χ1v) is 7.30. The number of hydrazone groups is 1. The van der Waals surface area contributed by atoms with Crippen molar-refractivity contribution in [3.05, 3.63) is 18.0 Å². The number of rotatable bonds is 6. The molecule has 0 radical (unpaired) electrons. The van der Waals surface area contributed by atoms with E-state index in [2.05, 4.69) is 20.6 Å². The number of anilines is 1. The normalized spacial score (nSPS) is 11.3. The van der Waals surface area contributed by atoms with Crippen LogP contribution in [0.1, 0.15) is 37.6 Å². The van der Waals surface area contributed by atoms with Gasteiger partial charge in [-0.25, -0.2) is 14.5 Å². The van der Waals surface area contributed by atoms with Crippen LogP contribution in [0.4, 0.5) is 5.69 Å². The summed E-state index contributed by atoms with van der Waals surface area (Å²) < 4.78 is 6.78. The second-order valence-corrected chi connectivity index (χ2v) is 4.76. The molecule has 0 aliphatic carbocycles. The molecule has 0 unspecified atom stereocenters. The lowest BCUT2D eigenvalue weighted by Crippen LogP contribution is -2.10. The Balaban J connectivity index is 2.53. The molecule has 8 nitrogen and oxygen atoms in total. The lowest BCUT2D eigenvalue weighted by atomic mass is 10.2. The monoisotopic (exact) mass is 314 g/mol. The van der Waals surface area contributed by atoms with Gasteiger partial charge in [0.05, 0.1) is 36.4 Å². The third kappa shape index (κ3) is 3.45. The number of hydrogen-bond acceptors (Lipinski definition) is 7. The molecule has 2 rings (SSSR count). The van der Waals surface area contributed by atoms with E-state index in [1.54, 1.807) is 24.7 Å². The third-order valence-corrected chi connectivity index (χ3v) is 3.15. The predicted octanol–water partition coefficient (Wildman–Crippen LogP) is 2.33. The molecule has 0 saturated carbocycles. The van der Waals surface area contributed by atoms with Crippen LogP contribution in [0.5, 0.6) is 0 Å². The summed E-state index contributed by atoms with van der Waals surface area (Å²) in [5.41, 5.74) is 4.87. The Labute approximate surface area is 133 Å². The molecular weight excluding hydrogens is 296 g/mol. The zero-order valence-electron chi connectivity index (χ0n) is 13.3.